The fourth-order valence-corrected chi connectivity index (χ4v) is 3.88. The highest BCUT2D eigenvalue weighted by molar-refractivity contribution is 9.10. The molecule has 0 aliphatic carbocycles. The standard InChI is InChI=1S/C27H29BrN2O7/c1-6-34-23-13-19(22(28)14-24(23)36-15-25(31)37-16(3)4)12-21-17(5)29-30(26(21)32)20-10-8-18(9-11-20)27(33)35-7-2/h8-14,16H,6-7,15H2,1-5H3/b21-12+. The van der Waals surface area contributed by atoms with Gasteiger partial charge in [0.2, 0.25) is 0 Å². The van der Waals surface area contributed by atoms with E-state index in [1.807, 2.05) is 6.92 Å². The summed E-state index contributed by atoms with van der Waals surface area (Å²) in [6.07, 6.45) is 1.46. The summed E-state index contributed by atoms with van der Waals surface area (Å²) >= 11 is 3.52. The monoisotopic (exact) mass is 572 g/mol. The Labute approximate surface area is 224 Å². The molecular formula is C27H29BrN2O7. The largest absolute Gasteiger partial charge is 0.490 e. The molecule has 1 aliphatic heterocycles. The third-order valence-electron chi connectivity index (χ3n) is 5.06. The molecule has 0 aromatic heterocycles. The molecule has 0 unspecified atom stereocenters. The van der Waals surface area contributed by atoms with Gasteiger partial charge >= 0.3 is 11.9 Å². The van der Waals surface area contributed by atoms with E-state index in [1.165, 1.54) is 5.01 Å². The summed E-state index contributed by atoms with van der Waals surface area (Å²) in [5, 5.41) is 5.68. The lowest BCUT2D eigenvalue weighted by Crippen LogP contribution is -2.21. The number of carbonyl (C=O) groups excluding carboxylic acids is 3. The van der Waals surface area contributed by atoms with Gasteiger partial charge in [-0.2, -0.15) is 10.1 Å². The highest BCUT2D eigenvalue weighted by Crippen LogP contribution is 2.36. The minimum absolute atomic E-state index is 0.243. The van der Waals surface area contributed by atoms with Crippen LogP contribution in [0.3, 0.4) is 0 Å². The molecule has 9 nitrogen and oxygen atoms in total. The van der Waals surface area contributed by atoms with Crippen LogP contribution in [0.15, 0.2) is 51.5 Å². The number of hydrogen-bond acceptors (Lipinski definition) is 8. The first-order chi connectivity index (χ1) is 17.6. The smallest absolute Gasteiger partial charge is 0.344 e. The van der Waals surface area contributed by atoms with Gasteiger partial charge in [-0.1, -0.05) is 15.9 Å². The Morgan fingerprint density at radius 2 is 1.73 bits per heavy atom. The zero-order valence-corrected chi connectivity index (χ0v) is 23.0. The predicted molar refractivity (Wildman–Crippen MR) is 143 cm³/mol. The van der Waals surface area contributed by atoms with Gasteiger partial charge in [-0.25, -0.2) is 9.59 Å². The van der Waals surface area contributed by atoms with Crippen LogP contribution < -0.4 is 14.5 Å². The van der Waals surface area contributed by atoms with Crippen LogP contribution in [0.2, 0.25) is 0 Å². The molecule has 2 aromatic carbocycles. The topological polar surface area (TPSA) is 104 Å². The fourth-order valence-electron chi connectivity index (χ4n) is 3.44. The third-order valence-corrected chi connectivity index (χ3v) is 5.75. The number of esters is 2. The second-order valence-corrected chi connectivity index (χ2v) is 9.06. The van der Waals surface area contributed by atoms with Crippen molar-refractivity contribution < 1.29 is 33.3 Å². The van der Waals surface area contributed by atoms with Crippen molar-refractivity contribution in [2.24, 2.45) is 5.10 Å². The van der Waals surface area contributed by atoms with Crippen LogP contribution in [0.4, 0.5) is 5.69 Å². The number of ether oxygens (including phenoxy) is 4. The van der Waals surface area contributed by atoms with E-state index in [4.69, 9.17) is 18.9 Å². The molecule has 1 heterocycles. The molecule has 10 heteroatoms. The Morgan fingerprint density at radius 3 is 2.35 bits per heavy atom. The lowest BCUT2D eigenvalue weighted by atomic mass is 10.1. The van der Waals surface area contributed by atoms with E-state index in [9.17, 15) is 14.4 Å². The van der Waals surface area contributed by atoms with Crippen molar-refractivity contribution in [1.29, 1.82) is 0 Å². The molecule has 2 aromatic rings. The normalized spacial score (nSPS) is 14.1. The van der Waals surface area contributed by atoms with Gasteiger partial charge < -0.3 is 18.9 Å². The SMILES string of the molecule is CCOC(=O)c1ccc(N2N=C(C)/C(=C\c3cc(OCC)c(OCC(=O)OC(C)C)cc3Br)C2=O)cc1. The van der Waals surface area contributed by atoms with Crippen molar-refractivity contribution in [2.45, 2.75) is 40.7 Å². The number of nitrogens with zero attached hydrogens (tertiary/aromatic N) is 2. The molecule has 0 saturated carbocycles. The van der Waals surface area contributed by atoms with E-state index in [2.05, 4.69) is 21.0 Å². The second kappa shape index (κ2) is 12.5. The fraction of sp³-hybridized carbons (Fsp3) is 0.333. The van der Waals surface area contributed by atoms with Crippen LogP contribution in [-0.4, -0.2) is 49.5 Å². The van der Waals surface area contributed by atoms with Crippen LogP contribution >= 0.6 is 15.9 Å². The maximum Gasteiger partial charge on any atom is 0.344 e. The first-order valence-corrected chi connectivity index (χ1v) is 12.6. The molecular weight excluding hydrogens is 544 g/mol. The summed E-state index contributed by atoms with van der Waals surface area (Å²) in [5.74, 6) is -0.452. The van der Waals surface area contributed by atoms with Gasteiger partial charge in [0.25, 0.3) is 5.91 Å². The summed E-state index contributed by atoms with van der Waals surface area (Å²) < 4.78 is 22.1. The van der Waals surface area contributed by atoms with Gasteiger partial charge in [-0.15, -0.1) is 0 Å². The summed E-state index contributed by atoms with van der Waals surface area (Å²) in [6, 6.07) is 9.87. The Bertz CT molecular complexity index is 1240. The molecule has 0 bridgehead atoms. The summed E-state index contributed by atoms with van der Waals surface area (Å²) in [5.41, 5.74) is 2.50. The number of benzene rings is 2. The van der Waals surface area contributed by atoms with Crippen molar-refractivity contribution >= 4 is 51.3 Å². The number of carbonyl (C=O) groups is 3. The molecule has 1 aliphatic rings. The van der Waals surface area contributed by atoms with Crippen LogP contribution in [0.5, 0.6) is 11.5 Å². The zero-order valence-electron chi connectivity index (χ0n) is 21.4. The Kier molecular flexibility index (Phi) is 9.46. The van der Waals surface area contributed by atoms with Gasteiger partial charge in [-0.05, 0) is 82.7 Å². The van der Waals surface area contributed by atoms with Gasteiger partial charge in [0.05, 0.1) is 41.9 Å². The maximum absolute atomic E-state index is 13.2. The van der Waals surface area contributed by atoms with E-state index in [-0.39, 0.29) is 25.2 Å². The van der Waals surface area contributed by atoms with Crippen molar-refractivity contribution in [3.8, 4) is 11.5 Å². The number of amides is 1. The van der Waals surface area contributed by atoms with Crippen molar-refractivity contribution in [3.05, 3.63) is 57.6 Å². The van der Waals surface area contributed by atoms with Crippen LogP contribution in [-0.2, 0) is 19.1 Å². The molecule has 1 amide bonds. The first-order valence-electron chi connectivity index (χ1n) is 11.8. The zero-order chi connectivity index (χ0) is 27.1. The lowest BCUT2D eigenvalue weighted by Gasteiger charge is -2.15. The molecule has 0 radical (unpaired) electrons. The molecule has 0 fully saturated rings. The average molecular weight is 573 g/mol. The second-order valence-electron chi connectivity index (χ2n) is 8.21. The minimum atomic E-state index is -0.487. The molecule has 3 rings (SSSR count). The van der Waals surface area contributed by atoms with E-state index in [1.54, 1.807) is 70.2 Å². The maximum atomic E-state index is 13.2. The highest BCUT2D eigenvalue weighted by atomic mass is 79.9. The molecule has 0 spiro atoms. The van der Waals surface area contributed by atoms with E-state index in [0.717, 1.165) is 0 Å². The van der Waals surface area contributed by atoms with E-state index < -0.39 is 11.9 Å². The van der Waals surface area contributed by atoms with Crippen LogP contribution in [0.1, 0.15) is 50.5 Å². The third kappa shape index (κ3) is 6.97. The van der Waals surface area contributed by atoms with Gasteiger partial charge in [0.1, 0.15) is 0 Å². The Balaban J connectivity index is 1.84. The van der Waals surface area contributed by atoms with Crippen molar-refractivity contribution in [2.75, 3.05) is 24.8 Å². The summed E-state index contributed by atoms with van der Waals surface area (Å²) in [6.45, 7) is 9.22. The molecule has 37 heavy (non-hydrogen) atoms. The summed E-state index contributed by atoms with van der Waals surface area (Å²) in [7, 11) is 0. The molecule has 196 valence electrons. The molecule has 0 saturated heterocycles. The quantitative estimate of drug-likeness (QED) is 0.286. The number of rotatable bonds is 10. The van der Waals surface area contributed by atoms with E-state index >= 15 is 0 Å². The summed E-state index contributed by atoms with van der Waals surface area (Å²) in [4.78, 5) is 37.0. The van der Waals surface area contributed by atoms with Crippen LogP contribution in [0, 0.1) is 0 Å². The van der Waals surface area contributed by atoms with E-state index in [0.29, 0.717) is 50.7 Å². The predicted octanol–water partition coefficient (Wildman–Crippen LogP) is 5.16. The number of hydrazone groups is 1. The van der Waals surface area contributed by atoms with Gasteiger partial charge in [0, 0.05) is 4.47 Å². The molecule has 0 N–H and O–H groups in total. The Morgan fingerprint density at radius 1 is 1.05 bits per heavy atom. The molecule has 0 atom stereocenters. The average Bonchev–Trinajstić information content (AvgIpc) is 3.13. The lowest BCUT2D eigenvalue weighted by molar-refractivity contribution is -0.149. The Hall–Kier alpha value is -3.66. The van der Waals surface area contributed by atoms with Gasteiger partial charge in [0.15, 0.2) is 18.1 Å². The van der Waals surface area contributed by atoms with Crippen molar-refractivity contribution in [1.82, 2.24) is 0 Å². The number of hydrogen-bond donors (Lipinski definition) is 0. The van der Waals surface area contributed by atoms with Gasteiger partial charge in [-0.3, -0.25) is 4.79 Å². The van der Waals surface area contributed by atoms with Crippen LogP contribution in [0.25, 0.3) is 6.08 Å². The first kappa shape index (κ1) is 27.9. The minimum Gasteiger partial charge on any atom is -0.490 e. The number of halogens is 1. The highest BCUT2D eigenvalue weighted by Gasteiger charge is 2.29. The van der Waals surface area contributed by atoms with Crippen molar-refractivity contribution in [3.63, 3.8) is 0 Å². The number of anilines is 1.